The largest absolute Gasteiger partial charge is 0.352 e. The van der Waals surface area contributed by atoms with Crippen molar-refractivity contribution in [3.05, 3.63) is 42.5 Å². The summed E-state index contributed by atoms with van der Waals surface area (Å²) in [7, 11) is 0. The lowest BCUT2D eigenvalue weighted by molar-refractivity contribution is -0.128. The molecule has 0 spiro atoms. The standard InChI is InChI=1S/C18H24N2O2/c1-3-12-19-17(21)14-6-8-15(9-7-14)18(22)20-16-10-4-13(2)5-11-16/h3-5,10-11,14-15H,1,6-9,12H2,2H3,(H,19,21)(H,20,22). The van der Waals surface area contributed by atoms with Gasteiger partial charge in [-0.3, -0.25) is 9.59 Å². The van der Waals surface area contributed by atoms with Crippen molar-refractivity contribution in [2.75, 3.05) is 11.9 Å². The Hall–Kier alpha value is -2.10. The number of carbonyl (C=O) groups excluding carboxylic acids is 2. The van der Waals surface area contributed by atoms with Crippen LogP contribution in [0, 0.1) is 18.8 Å². The highest BCUT2D eigenvalue weighted by Crippen LogP contribution is 2.29. The highest BCUT2D eigenvalue weighted by molar-refractivity contribution is 5.92. The molecular weight excluding hydrogens is 276 g/mol. The second kappa shape index (κ2) is 7.78. The van der Waals surface area contributed by atoms with Crippen LogP contribution < -0.4 is 10.6 Å². The minimum atomic E-state index is 0.00440. The SMILES string of the molecule is C=CCNC(=O)C1CCC(C(=O)Nc2ccc(C)cc2)CC1. The molecule has 0 saturated heterocycles. The van der Waals surface area contributed by atoms with E-state index in [4.69, 9.17) is 0 Å². The third-order valence-electron chi connectivity index (χ3n) is 4.21. The zero-order chi connectivity index (χ0) is 15.9. The molecule has 0 bridgehead atoms. The van der Waals surface area contributed by atoms with Crippen LogP contribution >= 0.6 is 0 Å². The van der Waals surface area contributed by atoms with E-state index in [-0.39, 0.29) is 23.7 Å². The minimum Gasteiger partial charge on any atom is -0.352 e. The third kappa shape index (κ3) is 4.45. The van der Waals surface area contributed by atoms with Gasteiger partial charge in [-0.1, -0.05) is 23.8 Å². The fraction of sp³-hybridized carbons (Fsp3) is 0.444. The van der Waals surface area contributed by atoms with Gasteiger partial charge in [-0.15, -0.1) is 6.58 Å². The molecule has 2 N–H and O–H groups in total. The topological polar surface area (TPSA) is 58.2 Å². The number of benzene rings is 1. The van der Waals surface area contributed by atoms with E-state index in [1.807, 2.05) is 31.2 Å². The van der Waals surface area contributed by atoms with E-state index in [9.17, 15) is 9.59 Å². The molecule has 1 aliphatic rings. The molecule has 2 rings (SSSR count). The van der Waals surface area contributed by atoms with Crippen LogP contribution in [0.1, 0.15) is 31.2 Å². The van der Waals surface area contributed by atoms with Gasteiger partial charge in [0.2, 0.25) is 11.8 Å². The van der Waals surface area contributed by atoms with Crippen LogP contribution in [0.2, 0.25) is 0 Å². The summed E-state index contributed by atoms with van der Waals surface area (Å²) >= 11 is 0. The molecule has 1 saturated carbocycles. The zero-order valence-corrected chi connectivity index (χ0v) is 13.1. The predicted molar refractivity (Wildman–Crippen MR) is 88.5 cm³/mol. The molecule has 0 aliphatic heterocycles. The van der Waals surface area contributed by atoms with Gasteiger partial charge in [0.05, 0.1) is 0 Å². The van der Waals surface area contributed by atoms with E-state index in [1.165, 1.54) is 5.56 Å². The van der Waals surface area contributed by atoms with E-state index < -0.39 is 0 Å². The lowest BCUT2D eigenvalue weighted by Gasteiger charge is -2.27. The van der Waals surface area contributed by atoms with Crippen molar-refractivity contribution in [3.63, 3.8) is 0 Å². The first-order valence-corrected chi connectivity index (χ1v) is 7.86. The van der Waals surface area contributed by atoms with Crippen molar-refractivity contribution in [1.82, 2.24) is 5.32 Å². The van der Waals surface area contributed by atoms with E-state index in [1.54, 1.807) is 6.08 Å². The van der Waals surface area contributed by atoms with Crippen LogP contribution in [0.5, 0.6) is 0 Å². The maximum Gasteiger partial charge on any atom is 0.227 e. The first-order chi connectivity index (χ1) is 10.6. The average molecular weight is 300 g/mol. The summed E-state index contributed by atoms with van der Waals surface area (Å²) < 4.78 is 0. The van der Waals surface area contributed by atoms with Crippen LogP contribution in [0.4, 0.5) is 5.69 Å². The molecule has 1 aromatic rings. The van der Waals surface area contributed by atoms with Gasteiger partial charge in [0.25, 0.3) is 0 Å². The van der Waals surface area contributed by atoms with E-state index >= 15 is 0 Å². The summed E-state index contributed by atoms with van der Waals surface area (Å²) in [6.07, 6.45) is 4.76. The molecule has 1 aliphatic carbocycles. The molecule has 4 heteroatoms. The number of aryl methyl sites for hydroxylation is 1. The van der Waals surface area contributed by atoms with Crippen LogP contribution in [0.3, 0.4) is 0 Å². The Morgan fingerprint density at radius 3 is 2.18 bits per heavy atom. The lowest BCUT2D eigenvalue weighted by atomic mass is 9.81. The Morgan fingerprint density at radius 2 is 1.64 bits per heavy atom. The second-order valence-corrected chi connectivity index (χ2v) is 5.94. The Morgan fingerprint density at radius 1 is 1.09 bits per heavy atom. The van der Waals surface area contributed by atoms with Crippen LogP contribution in [0.15, 0.2) is 36.9 Å². The minimum absolute atomic E-state index is 0.00440. The third-order valence-corrected chi connectivity index (χ3v) is 4.21. The normalized spacial score (nSPS) is 21.0. The lowest BCUT2D eigenvalue weighted by Crippen LogP contribution is -2.35. The Kier molecular flexibility index (Phi) is 5.75. The Labute approximate surface area is 132 Å². The first kappa shape index (κ1) is 16.3. The highest BCUT2D eigenvalue weighted by Gasteiger charge is 2.29. The molecule has 22 heavy (non-hydrogen) atoms. The fourth-order valence-corrected chi connectivity index (χ4v) is 2.82. The van der Waals surface area contributed by atoms with Gasteiger partial charge < -0.3 is 10.6 Å². The van der Waals surface area contributed by atoms with Gasteiger partial charge in [0.15, 0.2) is 0 Å². The molecule has 1 fully saturated rings. The molecule has 0 aromatic heterocycles. The van der Waals surface area contributed by atoms with Crippen molar-refractivity contribution in [1.29, 1.82) is 0 Å². The number of nitrogens with one attached hydrogen (secondary N) is 2. The van der Waals surface area contributed by atoms with Crippen molar-refractivity contribution in [3.8, 4) is 0 Å². The monoisotopic (exact) mass is 300 g/mol. The summed E-state index contributed by atoms with van der Waals surface area (Å²) in [5.41, 5.74) is 2.01. The van der Waals surface area contributed by atoms with Gasteiger partial charge in [-0.05, 0) is 44.7 Å². The average Bonchev–Trinajstić information content (AvgIpc) is 2.55. The van der Waals surface area contributed by atoms with Gasteiger partial charge in [0, 0.05) is 24.1 Å². The van der Waals surface area contributed by atoms with Gasteiger partial charge in [-0.25, -0.2) is 0 Å². The zero-order valence-electron chi connectivity index (χ0n) is 13.1. The predicted octanol–water partition coefficient (Wildman–Crippen LogP) is 3.04. The van der Waals surface area contributed by atoms with Crippen molar-refractivity contribution < 1.29 is 9.59 Å². The molecule has 2 amide bonds. The molecule has 0 heterocycles. The number of rotatable bonds is 5. The van der Waals surface area contributed by atoms with E-state index in [0.29, 0.717) is 6.54 Å². The summed E-state index contributed by atoms with van der Waals surface area (Å²) in [5.74, 6) is 0.180. The van der Waals surface area contributed by atoms with Gasteiger partial charge in [0.1, 0.15) is 0 Å². The summed E-state index contributed by atoms with van der Waals surface area (Å²) in [5, 5.41) is 5.80. The molecule has 0 radical (unpaired) electrons. The molecule has 0 unspecified atom stereocenters. The summed E-state index contributed by atoms with van der Waals surface area (Å²) in [6.45, 7) is 6.12. The number of hydrogen-bond acceptors (Lipinski definition) is 2. The highest BCUT2D eigenvalue weighted by atomic mass is 16.2. The van der Waals surface area contributed by atoms with Crippen LogP contribution in [-0.2, 0) is 9.59 Å². The van der Waals surface area contributed by atoms with Gasteiger partial charge >= 0.3 is 0 Å². The maximum atomic E-state index is 12.3. The Bertz CT molecular complexity index is 529. The number of hydrogen-bond donors (Lipinski definition) is 2. The van der Waals surface area contributed by atoms with E-state index in [0.717, 1.165) is 31.4 Å². The van der Waals surface area contributed by atoms with Crippen LogP contribution in [-0.4, -0.2) is 18.4 Å². The summed E-state index contributed by atoms with van der Waals surface area (Å²) in [6, 6.07) is 7.80. The second-order valence-electron chi connectivity index (χ2n) is 5.94. The smallest absolute Gasteiger partial charge is 0.227 e. The number of anilines is 1. The Balaban J connectivity index is 1.80. The maximum absolute atomic E-state index is 12.3. The van der Waals surface area contributed by atoms with Crippen molar-refractivity contribution in [2.45, 2.75) is 32.6 Å². The molecule has 0 atom stereocenters. The number of amides is 2. The van der Waals surface area contributed by atoms with Crippen LogP contribution in [0.25, 0.3) is 0 Å². The molecule has 4 nitrogen and oxygen atoms in total. The van der Waals surface area contributed by atoms with E-state index in [2.05, 4.69) is 17.2 Å². The number of carbonyl (C=O) groups is 2. The molecule has 118 valence electrons. The van der Waals surface area contributed by atoms with Crippen molar-refractivity contribution >= 4 is 17.5 Å². The quantitative estimate of drug-likeness (QED) is 0.821. The summed E-state index contributed by atoms with van der Waals surface area (Å²) in [4.78, 5) is 24.2. The first-order valence-electron chi connectivity index (χ1n) is 7.86. The molecule has 1 aromatic carbocycles. The molecular formula is C18H24N2O2. The van der Waals surface area contributed by atoms with Gasteiger partial charge in [-0.2, -0.15) is 0 Å². The van der Waals surface area contributed by atoms with Crippen molar-refractivity contribution in [2.24, 2.45) is 11.8 Å². The fourth-order valence-electron chi connectivity index (χ4n) is 2.82.